The highest BCUT2D eigenvalue weighted by Gasteiger charge is 2.29. The van der Waals surface area contributed by atoms with Crippen LogP contribution in [-0.4, -0.2) is 57.7 Å². The number of carboxylic acid groups (broad SMARTS) is 2. The molecule has 9 nitrogen and oxygen atoms in total. The fourth-order valence-corrected chi connectivity index (χ4v) is 1.50. The third-order valence-electron chi connectivity index (χ3n) is 2.50. The lowest BCUT2D eigenvalue weighted by atomic mass is 10.1. The van der Waals surface area contributed by atoms with Gasteiger partial charge in [-0.2, -0.15) is 0 Å². The van der Waals surface area contributed by atoms with Crippen molar-refractivity contribution >= 4 is 29.5 Å². The fraction of sp³-hybridized carbons (Fsp3) is 0.308. The third-order valence-corrected chi connectivity index (χ3v) is 2.84. The number of aliphatic hydroxyl groups is 2. The van der Waals surface area contributed by atoms with Gasteiger partial charge in [0.2, 0.25) is 0 Å². The number of ether oxygens (including phenoxy) is 1. The van der Waals surface area contributed by atoms with Crippen molar-refractivity contribution < 1.29 is 39.5 Å². The van der Waals surface area contributed by atoms with Gasteiger partial charge in [-0.15, -0.1) is 0 Å². The van der Waals surface area contributed by atoms with Crippen LogP contribution in [0.3, 0.4) is 0 Å². The van der Waals surface area contributed by atoms with Gasteiger partial charge in [0.05, 0.1) is 7.11 Å². The minimum absolute atomic E-state index is 0.473. The van der Waals surface area contributed by atoms with Crippen molar-refractivity contribution in [3.8, 4) is 0 Å². The second-order valence-electron chi connectivity index (χ2n) is 4.09. The van der Waals surface area contributed by atoms with Crippen LogP contribution in [0.2, 0.25) is 5.02 Å². The SMILES string of the molecule is COC(=O)C(N)c1ccccc1Cl.O=C(O)C(O)C(O)C(=O)O. The van der Waals surface area contributed by atoms with Crippen LogP contribution in [0.1, 0.15) is 11.6 Å². The Kier molecular flexibility index (Phi) is 8.81. The molecule has 0 heterocycles. The van der Waals surface area contributed by atoms with Crippen LogP contribution < -0.4 is 5.73 Å². The van der Waals surface area contributed by atoms with Crippen LogP contribution in [0.4, 0.5) is 0 Å². The van der Waals surface area contributed by atoms with Gasteiger partial charge >= 0.3 is 17.9 Å². The van der Waals surface area contributed by atoms with E-state index in [-0.39, 0.29) is 0 Å². The molecule has 0 aliphatic rings. The summed E-state index contributed by atoms with van der Waals surface area (Å²) in [6.45, 7) is 0. The van der Waals surface area contributed by atoms with Crippen molar-refractivity contribution in [1.82, 2.24) is 0 Å². The van der Waals surface area contributed by atoms with E-state index in [1.165, 1.54) is 7.11 Å². The summed E-state index contributed by atoms with van der Waals surface area (Å²) in [5, 5.41) is 33.0. The fourth-order valence-electron chi connectivity index (χ4n) is 1.25. The third kappa shape index (κ3) is 6.61. The van der Waals surface area contributed by atoms with E-state index >= 15 is 0 Å². The normalized spacial score (nSPS) is 13.8. The summed E-state index contributed by atoms with van der Waals surface area (Å²) < 4.78 is 4.50. The molecule has 3 atom stereocenters. The number of carboxylic acids is 2. The summed E-state index contributed by atoms with van der Waals surface area (Å²) in [5.74, 6) is -4.03. The molecular formula is C13H16ClNO8. The highest BCUT2D eigenvalue weighted by atomic mass is 35.5. The molecule has 10 heteroatoms. The molecule has 0 bridgehead atoms. The van der Waals surface area contributed by atoms with E-state index in [1.807, 2.05) is 0 Å². The van der Waals surface area contributed by atoms with Gasteiger partial charge in [0, 0.05) is 5.02 Å². The Morgan fingerprint density at radius 3 is 1.87 bits per heavy atom. The molecule has 0 aromatic heterocycles. The van der Waals surface area contributed by atoms with Crippen molar-refractivity contribution in [3.63, 3.8) is 0 Å². The summed E-state index contributed by atoms with van der Waals surface area (Å²) in [6, 6.07) is 6.11. The maximum atomic E-state index is 11.1. The number of nitrogens with two attached hydrogens (primary N) is 1. The Bertz CT molecular complexity index is 547. The topological polar surface area (TPSA) is 167 Å². The maximum absolute atomic E-state index is 11.1. The first kappa shape index (κ1) is 20.8. The smallest absolute Gasteiger partial charge is 0.335 e. The zero-order valence-corrected chi connectivity index (χ0v) is 12.7. The first-order chi connectivity index (χ1) is 10.6. The van der Waals surface area contributed by atoms with Crippen molar-refractivity contribution in [1.29, 1.82) is 0 Å². The molecule has 6 N–H and O–H groups in total. The van der Waals surface area contributed by atoms with E-state index in [0.29, 0.717) is 10.6 Å². The number of hydrogen-bond acceptors (Lipinski definition) is 7. The van der Waals surface area contributed by atoms with Gasteiger partial charge in [0.25, 0.3) is 0 Å². The Morgan fingerprint density at radius 2 is 1.52 bits per heavy atom. The molecule has 128 valence electrons. The summed E-state index contributed by atoms with van der Waals surface area (Å²) >= 11 is 5.83. The molecule has 1 aromatic carbocycles. The molecule has 0 amide bonds. The van der Waals surface area contributed by atoms with Crippen molar-refractivity contribution in [2.75, 3.05) is 7.11 Å². The molecule has 3 unspecified atom stereocenters. The predicted octanol–water partition coefficient (Wildman–Crippen LogP) is -0.610. The van der Waals surface area contributed by atoms with Crippen LogP contribution in [0, 0.1) is 0 Å². The molecule has 0 radical (unpaired) electrons. The number of halogens is 1. The maximum Gasteiger partial charge on any atom is 0.335 e. The largest absolute Gasteiger partial charge is 0.479 e. The number of benzene rings is 1. The van der Waals surface area contributed by atoms with E-state index in [9.17, 15) is 14.4 Å². The molecule has 0 saturated carbocycles. The highest BCUT2D eigenvalue weighted by Crippen LogP contribution is 2.21. The molecule has 1 rings (SSSR count). The van der Waals surface area contributed by atoms with Gasteiger partial charge in [0.15, 0.2) is 12.2 Å². The lowest BCUT2D eigenvalue weighted by Gasteiger charge is -2.10. The minimum atomic E-state index is -2.27. The molecule has 1 aromatic rings. The average molecular weight is 350 g/mol. The number of aliphatic carboxylic acids is 2. The van der Waals surface area contributed by atoms with E-state index < -0.39 is 36.2 Å². The first-order valence-electron chi connectivity index (χ1n) is 6.03. The van der Waals surface area contributed by atoms with Crippen molar-refractivity contribution in [2.24, 2.45) is 5.73 Å². The number of methoxy groups -OCH3 is 1. The van der Waals surface area contributed by atoms with Gasteiger partial charge in [0.1, 0.15) is 6.04 Å². The van der Waals surface area contributed by atoms with Crippen LogP contribution >= 0.6 is 11.6 Å². The number of rotatable bonds is 5. The van der Waals surface area contributed by atoms with Crippen molar-refractivity contribution in [2.45, 2.75) is 18.2 Å². The molecular weight excluding hydrogens is 334 g/mol. The Labute approximate surface area is 135 Å². The monoisotopic (exact) mass is 349 g/mol. The van der Waals surface area contributed by atoms with Gasteiger partial charge in [-0.25, -0.2) is 9.59 Å². The molecule has 0 saturated heterocycles. The molecule has 0 fully saturated rings. The second-order valence-corrected chi connectivity index (χ2v) is 4.50. The lowest BCUT2D eigenvalue weighted by molar-refractivity contribution is -0.165. The van der Waals surface area contributed by atoms with E-state index in [4.69, 9.17) is 37.8 Å². The number of hydrogen-bond donors (Lipinski definition) is 5. The molecule has 0 aliphatic carbocycles. The van der Waals surface area contributed by atoms with E-state index in [0.717, 1.165) is 0 Å². The van der Waals surface area contributed by atoms with Crippen LogP contribution in [-0.2, 0) is 19.1 Å². The lowest BCUT2D eigenvalue weighted by Crippen LogP contribution is -2.39. The summed E-state index contributed by atoms with van der Waals surface area (Å²) in [7, 11) is 1.29. The number of esters is 1. The van der Waals surface area contributed by atoms with Crippen LogP contribution in [0.25, 0.3) is 0 Å². The zero-order chi connectivity index (χ0) is 18.2. The second kappa shape index (κ2) is 9.74. The molecule has 0 aliphatic heterocycles. The number of carbonyl (C=O) groups excluding carboxylic acids is 1. The highest BCUT2D eigenvalue weighted by molar-refractivity contribution is 6.31. The van der Waals surface area contributed by atoms with Crippen LogP contribution in [0.5, 0.6) is 0 Å². The van der Waals surface area contributed by atoms with Gasteiger partial charge in [-0.1, -0.05) is 29.8 Å². The summed E-state index contributed by atoms with van der Waals surface area (Å²) in [5.41, 5.74) is 6.17. The average Bonchev–Trinajstić information content (AvgIpc) is 2.52. The van der Waals surface area contributed by atoms with Gasteiger partial charge in [-0.05, 0) is 11.6 Å². The quantitative estimate of drug-likeness (QED) is 0.435. The van der Waals surface area contributed by atoms with Crippen LogP contribution in [0.15, 0.2) is 24.3 Å². The molecule has 0 spiro atoms. The Morgan fingerprint density at radius 1 is 1.09 bits per heavy atom. The molecule has 23 heavy (non-hydrogen) atoms. The number of aliphatic hydroxyl groups excluding tert-OH is 2. The minimum Gasteiger partial charge on any atom is -0.479 e. The number of carbonyl (C=O) groups is 3. The first-order valence-corrected chi connectivity index (χ1v) is 6.40. The Balaban J connectivity index is 0.000000438. The standard InChI is InChI=1S/C9H10ClNO2.C4H6O6/c1-13-9(12)8(11)6-4-2-3-5-7(6)10;5-1(3(7)8)2(6)4(9)10/h2-5,8H,11H2,1H3;1-2,5-6H,(H,7,8)(H,9,10). The summed E-state index contributed by atoms with van der Waals surface area (Å²) in [6.07, 6.45) is -4.53. The van der Waals surface area contributed by atoms with Gasteiger partial charge in [-0.3, -0.25) is 4.79 Å². The zero-order valence-electron chi connectivity index (χ0n) is 11.9. The van der Waals surface area contributed by atoms with Crippen molar-refractivity contribution in [3.05, 3.63) is 34.9 Å². The predicted molar refractivity (Wildman–Crippen MR) is 77.7 cm³/mol. The van der Waals surface area contributed by atoms with Gasteiger partial charge < -0.3 is 30.9 Å². The van der Waals surface area contributed by atoms with E-state index in [2.05, 4.69) is 4.74 Å². The van der Waals surface area contributed by atoms with E-state index in [1.54, 1.807) is 24.3 Å². The summed E-state index contributed by atoms with van der Waals surface area (Å²) in [4.78, 5) is 30.6. The Hall–Kier alpha value is -2.20.